The van der Waals surface area contributed by atoms with Crippen molar-refractivity contribution in [3.05, 3.63) is 0 Å². The van der Waals surface area contributed by atoms with E-state index in [1.807, 2.05) is 0 Å². The minimum atomic E-state index is 0.291. The fourth-order valence-electron chi connectivity index (χ4n) is 16.4. The van der Waals surface area contributed by atoms with Crippen molar-refractivity contribution in [3.63, 3.8) is 0 Å². The highest BCUT2D eigenvalue weighted by Crippen LogP contribution is 2.68. The maximum atomic E-state index is 2.92. The van der Waals surface area contributed by atoms with E-state index in [1.165, 1.54) is 116 Å². The highest BCUT2D eigenvalue weighted by molar-refractivity contribution is 5.10. The van der Waals surface area contributed by atoms with Gasteiger partial charge in [0.2, 0.25) is 0 Å². The van der Waals surface area contributed by atoms with Gasteiger partial charge in [-0.15, -0.1) is 0 Å². The molecule has 6 aliphatic carbocycles. The summed E-state index contributed by atoms with van der Waals surface area (Å²) >= 11 is 0. The average molecular weight is 775 g/mol. The van der Waals surface area contributed by atoms with E-state index in [4.69, 9.17) is 0 Å². The summed E-state index contributed by atoms with van der Waals surface area (Å²) < 4.78 is 0. The van der Waals surface area contributed by atoms with Crippen molar-refractivity contribution >= 4 is 0 Å². The zero-order chi connectivity index (χ0) is 40.9. The molecule has 0 heterocycles. The van der Waals surface area contributed by atoms with Gasteiger partial charge in [0.1, 0.15) is 0 Å². The van der Waals surface area contributed by atoms with Crippen LogP contribution in [0.15, 0.2) is 0 Å². The van der Waals surface area contributed by atoms with E-state index in [-0.39, 0.29) is 0 Å². The molecule has 0 aromatic heterocycles. The molecule has 0 N–H and O–H groups in total. The van der Waals surface area contributed by atoms with Crippen LogP contribution in [0.3, 0.4) is 0 Å². The summed E-state index contributed by atoms with van der Waals surface area (Å²) in [4.78, 5) is 0. The number of hydrogen-bond donors (Lipinski definition) is 0. The first-order chi connectivity index (χ1) is 26.4. The normalized spacial score (nSPS) is 31.3. The molecule has 15 atom stereocenters. The zero-order valence-electron chi connectivity index (χ0n) is 40.9. The first-order valence-electron chi connectivity index (χ1n) is 26.4. The van der Waals surface area contributed by atoms with Crippen LogP contribution in [0.1, 0.15) is 226 Å². The fraction of sp³-hybridized carbons (Fsp3) is 1.00. The summed E-state index contributed by atoms with van der Waals surface area (Å²) in [5.74, 6) is 16.2. The molecule has 0 heteroatoms. The molecule has 0 bridgehead atoms. The van der Waals surface area contributed by atoms with Crippen LogP contribution in [0.5, 0.6) is 0 Å². The molecule has 6 fully saturated rings. The maximum absolute atomic E-state index is 2.92. The molecule has 0 spiro atoms. The fourth-order valence-corrected chi connectivity index (χ4v) is 16.4. The van der Waals surface area contributed by atoms with Crippen LogP contribution >= 0.6 is 0 Å². The molecule has 6 aliphatic rings. The van der Waals surface area contributed by atoms with E-state index in [9.17, 15) is 0 Å². The second-order valence-corrected chi connectivity index (χ2v) is 25.0. The lowest BCUT2D eigenvalue weighted by atomic mass is 9.39. The molecule has 0 amide bonds. The third kappa shape index (κ3) is 7.97. The minimum absolute atomic E-state index is 0.291. The van der Waals surface area contributed by atoms with Gasteiger partial charge in [-0.3, -0.25) is 0 Å². The van der Waals surface area contributed by atoms with Gasteiger partial charge in [-0.1, -0.05) is 207 Å². The van der Waals surface area contributed by atoms with Crippen LogP contribution in [0, 0.1) is 129 Å². The molecular formula is C56H102. The largest absolute Gasteiger partial charge is 0.0620 e. The lowest BCUT2D eigenvalue weighted by Crippen LogP contribution is -2.59. The van der Waals surface area contributed by atoms with Crippen molar-refractivity contribution in [2.75, 3.05) is 0 Å². The molecule has 0 radical (unpaired) electrons. The van der Waals surface area contributed by atoms with Gasteiger partial charge in [-0.05, 0) is 148 Å². The molecule has 6 rings (SSSR count). The summed E-state index contributed by atoms with van der Waals surface area (Å²) in [6, 6.07) is 0. The van der Waals surface area contributed by atoms with Crippen LogP contribution in [0.4, 0.5) is 0 Å². The van der Waals surface area contributed by atoms with Crippen molar-refractivity contribution in [2.24, 2.45) is 129 Å². The molecule has 0 aromatic carbocycles. The van der Waals surface area contributed by atoms with Crippen molar-refractivity contribution in [2.45, 2.75) is 226 Å². The van der Waals surface area contributed by atoms with Crippen molar-refractivity contribution < 1.29 is 0 Å². The van der Waals surface area contributed by atoms with E-state index in [0.29, 0.717) is 28.1 Å². The Balaban J connectivity index is 1.40. The minimum Gasteiger partial charge on any atom is -0.0620 e. The average Bonchev–Trinajstić information content (AvgIpc) is 3.03. The molecule has 326 valence electrons. The van der Waals surface area contributed by atoms with Gasteiger partial charge in [0, 0.05) is 0 Å². The maximum Gasteiger partial charge on any atom is -0.0182 e. The summed E-state index contributed by atoms with van der Waals surface area (Å²) in [6.45, 7) is 41.7. The van der Waals surface area contributed by atoms with Crippen LogP contribution < -0.4 is 0 Å². The Labute approximate surface area is 353 Å². The quantitative estimate of drug-likeness (QED) is 0.103. The highest BCUT2D eigenvalue weighted by Gasteiger charge is 2.61. The Morgan fingerprint density at radius 1 is 0.393 bits per heavy atom. The van der Waals surface area contributed by atoms with Gasteiger partial charge < -0.3 is 0 Å². The Kier molecular flexibility index (Phi) is 14.8. The van der Waals surface area contributed by atoms with E-state index in [1.54, 1.807) is 6.42 Å². The Morgan fingerprint density at radius 2 is 0.786 bits per heavy atom. The molecule has 15 unspecified atom stereocenters. The van der Waals surface area contributed by atoms with Crippen molar-refractivity contribution in [1.29, 1.82) is 0 Å². The van der Waals surface area contributed by atoms with Crippen LogP contribution in [0.25, 0.3) is 0 Å². The first-order valence-corrected chi connectivity index (χ1v) is 26.4. The SMILES string of the molecule is CC(C1CCC1)C(C)C(C)C(C)(C)C(C)C(C)(C(C)C(C)C1CCC1)C(C)C(C)C(C)C(C1CCC1)(C(C)C(C)C(C)C1CCC1)C(CC1CCC1)C1CCC1. The summed E-state index contributed by atoms with van der Waals surface area (Å²) in [5, 5.41) is 0. The lowest BCUT2D eigenvalue weighted by molar-refractivity contribution is -0.171. The Bertz CT molecular complexity index is 1200. The second kappa shape index (κ2) is 18.2. The van der Waals surface area contributed by atoms with E-state index in [0.717, 1.165) is 101 Å². The van der Waals surface area contributed by atoms with Gasteiger partial charge in [-0.25, -0.2) is 0 Å². The molecule has 0 aliphatic heterocycles. The van der Waals surface area contributed by atoms with Crippen LogP contribution in [-0.4, -0.2) is 0 Å². The zero-order valence-corrected chi connectivity index (χ0v) is 40.9. The van der Waals surface area contributed by atoms with E-state index < -0.39 is 0 Å². The standard InChI is InChI=1S/C56H102/c1-35(37(3)48-24-17-25-48)41(7)54(13,14)46(12)55(15,43(9)40(6)50-28-19-29-50)42(8)39(5)45(11)56(52-32-21-33-52,44(10)36(2)38(4)49-26-18-27-49)53(51-30-20-31-51)34-47-22-16-23-47/h35-53H,16-34H2,1-15H3. The third-order valence-corrected chi connectivity index (χ3v) is 24.0. The lowest BCUT2D eigenvalue weighted by Gasteiger charge is -2.65. The highest BCUT2D eigenvalue weighted by atomic mass is 14.7. The summed E-state index contributed by atoms with van der Waals surface area (Å²) in [6.07, 6.45) is 28.6. The van der Waals surface area contributed by atoms with E-state index >= 15 is 0 Å². The predicted octanol–water partition coefficient (Wildman–Crippen LogP) is 17.4. The van der Waals surface area contributed by atoms with Crippen LogP contribution in [0.2, 0.25) is 0 Å². The molecule has 0 aromatic rings. The molecule has 0 nitrogen and oxygen atoms in total. The van der Waals surface area contributed by atoms with Gasteiger partial charge in [-0.2, -0.15) is 0 Å². The molecule has 6 saturated carbocycles. The molecular weight excluding hydrogens is 673 g/mol. The molecule has 56 heavy (non-hydrogen) atoms. The van der Waals surface area contributed by atoms with Crippen molar-refractivity contribution in [1.82, 2.24) is 0 Å². The van der Waals surface area contributed by atoms with Gasteiger partial charge in [0.25, 0.3) is 0 Å². The van der Waals surface area contributed by atoms with Crippen molar-refractivity contribution in [3.8, 4) is 0 Å². The number of rotatable bonds is 22. The number of hydrogen-bond acceptors (Lipinski definition) is 0. The Hall–Kier alpha value is 0. The van der Waals surface area contributed by atoms with E-state index in [2.05, 4.69) is 104 Å². The van der Waals surface area contributed by atoms with Gasteiger partial charge in [0.15, 0.2) is 0 Å². The first kappa shape index (κ1) is 45.5. The second-order valence-electron chi connectivity index (χ2n) is 25.0. The molecule has 0 saturated heterocycles. The smallest absolute Gasteiger partial charge is 0.0182 e. The predicted molar refractivity (Wildman–Crippen MR) is 246 cm³/mol. The third-order valence-electron chi connectivity index (χ3n) is 24.0. The summed E-state index contributed by atoms with van der Waals surface area (Å²) in [5.41, 5.74) is 1.06. The topological polar surface area (TPSA) is 0 Å². The summed E-state index contributed by atoms with van der Waals surface area (Å²) in [7, 11) is 0. The Morgan fingerprint density at radius 3 is 1.16 bits per heavy atom. The van der Waals surface area contributed by atoms with Gasteiger partial charge in [0.05, 0.1) is 0 Å². The van der Waals surface area contributed by atoms with Crippen LogP contribution in [-0.2, 0) is 0 Å². The monoisotopic (exact) mass is 775 g/mol. The van der Waals surface area contributed by atoms with Gasteiger partial charge >= 0.3 is 0 Å².